The first-order valence-corrected chi connectivity index (χ1v) is 10.5. The number of carboxylic acids is 1. The number of nitrogens with one attached hydrogen (secondary N) is 1. The molecule has 32 heavy (non-hydrogen) atoms. The first-order chi connectivity index (χ1) is 15.6. The van der Waals surface area contributed by atoms with Crippen molar-refractivity contribution in [3.8, 4) is 22.3 Å². The van der Waals surface area contributed by atoms with Gasteiger partial charge in [0, 0.05) is 11.5 Å². The molecular formula is C28H21NO3. The van der Waals surface area contributed by atoms with Crippen molar-refractivity contribution < 1.29 is 14.7 Å². The third-order valence-corrected chi connectivity index (χ3v) is 6.02. The molecule has 4 aromatic rings. The molecule has 0 unspecified atom stereocenters. The molecule has 0 aromatic heterocycles. The zero-order valence-corrected chi connectivity index (χ0v) is 17.2. The van der Waals surface area contributed by atoms with Crippen LogP contribution in [0.1, 0.15) is 27.4 Å². The number of carboxylic acid groups (broad SMARTS) is 1. The van der Waals surface area contributed by atoms with Gasteiger partial charge < -0.3 is 10.4 Å². The van der Waals surface area contributed by atoms with Gasteiger partial charge in [-0.25, -0.2) is 4.79 Å². The largest absolute Gasteiger partial charge is 0.480 e. The average molecular weight is 419 g/mol. The maximum atomic E-state index is 13.0. The van der Waals surface area contributed by atoms with Gasteiger partial charge in [0.25, 0.3) is 5.91 Å². The maximum absolute atomic E-state index is 13.0. The van der Waals surface area contributed by atoms with Crippen molar-refractivity contribution in [1.29, 1.82) is 0 Å². The van der Waals surface area contributed by atoms with Crippen LogP contribution in [0.2, 0.25) is 0 Å². The molecule has 0 heterocycles. The number of aliphatic carboxylic acids is 1. The molecule has 1 atom stereocenters. The Kier molecular flexibility index (Phi) is 5.04. The van der Waals surface area contributed by atoms with E-state index in [-0.39, 0.29) is 0 Å². The van der Waals surface area contributed by atoms with E-state index < -0.39 is 23.8 Å². The fourth-order valence-corrected chi connectivity index (χ4v) is 4.51. The smallest absolute Gasteiger partial charge is 0.327 e. The van der Waals surface area contributed by atoms with Gasteiger partial charge in [0.05, 0.1) is 0 Å². The zero-order chi connectivity index (χ0) is 22.1. The summed E-state index contributed by atoms with van der Waals surface area (Å²) in [5, 5.41) is 12.8. The lowest BCUT2D eigenvalue weighted by Crippen LogP contribution is -2.44. The highest BCUT2D eigenvalue weighted by atomic mass is 16.4. The summed E-state index contributed by atoms with van der Waals surface area (Å²) in [5.74, 6) is -1.91. The minimum atomic E-state index is -1.08. The van der Waals surface area contributed by atoms with E-state index >= 15 is 0 Å². The van der Waals surface area contributed by atoms with Crippen LogP contribution in [0.5, 0.6) is 0 Å². The summed E-state index contributed by atoms with van der Waals surface area (Å²) in [7, 11) is 0. The van der Waals surface area contributed by atoms with E-state index in [0.717, 1.165) is 33.4 Å². The molecule has 0 saturated carbocycles. The molecule has 0 spiro atoms. The third-order valence-electron chi connectivity index (χ3n) is 6.02. The van der Waals surface area contributed by atoms with Crippen molar-refractivity contribution in [3.63, 3.8) is 0 Å². The van der Waals surface area contributed by atoms with E-state index in [4.69, 9.17) is 0 Å². The van der Waals surface area contributed by atoms with E-state index in [1.54, 1.807) is 12.1 Å². The second kappa shape index (κ2) is 8.16. The summed E-state index contributed by atoms with van der Waals surface area (Å²) in [6.07, 6.45) is 0. The second-order valence-corrected chi connectivity index (χ2v) is 7.88. The zero-order valence-electron chi connectivity index (χ0n) is 17.2. The second-order valence-electron chi connectivity index (χ2n) is 7.88. The number of carbonyl (C=O) groups is 2. The van der Waals surface area contributed by atoms with E-state index in [2.05, 4.69) is 5.32 Å². The van der Waals surface area contributed by atoms with Gasteiger partial charge in [-0.15, -0.1) is 0 Å². The van der Waals surface area contributed by atoms with Gasteiger partial charge in [0.15, 0.2) is 0 Å². The van der Waals surface area contributed by atoms with Crippen molar-refractivity contribution in [3.05, 3.63) is 120 Å². The molecule has 2 N–H and O–H groups in total. The van der Waals surface area contributed by atoms with Gasteiger partial charge >= 0.3 is 5.97 Å². The summed E-state index contributed by atoms with van der Waals surface area (Å²) in [6, 6.07) is 31.6. The summed E-state index contributed by atoms with van der Waals surface area (Å²) in [5.41, 5.74) is 6.34. The Balaban J connectivity index is 1.45. The van der Waals surface area contributed by atoms with Gasteiger partial charge in [0.2, 0.25) is 0 Å². The predicted octanol–water partition coefficient (Wildman–Crippen LogP) is 5.35. The Hall–Kier alpha value is -4.18. The van der Waals surface area contributed by atoms with Gasteiger partial charge in [0.1, 0.15) is 6.04 Å². The van der Waals surface area contributed by atoms with Crippen molar-refractivity contribution in [1.82, 2.24) is 5.32 Å². The van der Waals surface area contributed by atoms with Crippen LogP contribution in [0.4, 0.5) is 0 Å². The quantitative estimate of drug-likeness (QED) is 0.458. The highest BCUT2D eigenvalue weighted by molar-refractivity contribution is 5.98. The average Bonchev–Trinajstić information content (AvgIpc) is 3.17. The lowest BCUT2D eigenvalue weighted by atomic mass is 9.89. The molecule has 1 aliphatic rings. The first-order valence-electron chi connectivity index (χ1n) is 10.5. The van der Waals surface area contributed by atoms with E-state index in [1.807, 2.05) is 91.0 Å². The van der Waals surface area contributed by atoms with Crippen LogP contribution in [0.3, 0.4) is 0 Å². The molecular weight excluding hydrogens is 398 g/mol. The van der Waals surface area contributed by atoms with Crippen LogP contribution in [-0.4, -0.2) is 23.0 Å². The summed E-state index contributed by atoms with van der Waals surface area (Å²) >= 11 is 0. The predicted molar refractivity (Wildman–Crippen MR) is 124 cm³/mol. The van der Waals surface area contributed by atoms with Crippen molar-refractivity contribution in [2.45, 2.75) is 12.0 Å². The summed E-state index contributed by atoms with van der Waals surface area (Å²) in [6.45, 7) is 0. The Morgan fingerprint density at radius 1 is 0.656 bits per heavy atom. The van der Waals surface area contributed by atoms with Crippen LogP contribution in [0.15, 0.2) is 103 Å². The molecule has 1 aliphatic carbocycles. The Morgan fingerprint density at radius 3 is 1.72 bits per heavy atom. The highest BCUT2D eigenvalue weighted by Gasteiger charge is 2.38. The molecule has 4 nitrogen and oxygen atoms in total. The number of amides is 1. The van der Waals surface area contributed by atoms with Crippen LogP contribution >= 0.6 is 0 Å². The van der Waals surface area contributed by atoms with E-state index in [9.17, 15) is 14.7 Å². The number of fused-ring (bicyclic) bond motifs is 3. The molecule has 4 heteroatoms. The fraction of sp³-hybridized carbons (Fsp3) is 0.0714. The van der Waals surface area contributed by atoms with Crippen molar-refractivity contribution >= 4 is 11.9 Å². The maximum Gasteiger partial charge on any atom is 0.327 e. The van der Waals surface area contributed by atoms with Crippen molar-refractivity contribution in [2.24, 2.45) is 0 Å². The minimum absolute atomic E-state index is 0.404. The Bertz CT molecular complexity index is 1250. The molecule has 0 bridgehead atoms. The minimum Gasteiger partial charge on any atom is -0.480 e. The molecule has 0 saturated heterocycles. The number of carbonyl (C=O) groups excluding carboxylic acids is 1. The Morgan fingerprint density at radius 2 is 1.16 bits per heavy atom. The number of hydrogen-bond donors (Lipinski definition) is 2. The van der Waals surface area contributed by atoms with Gasteiger partial charge in [-0.1, -0.05) is 91.0 Å². The summed E-state index contributed by atoms with van der Waals surface area (Å²) in [4.78, 5) is 25.3. The van der Waals surface area contributed by atoms with E-state index in [1.165, 1.54) is 0 Å². The monoisotopic (exact) mass is 419 g/mol. The number of benzene rings is 4. The third kappa shape index (κ3) is 3.46. The van der Waals surface area contributed by atoms with Crippen LogP contribution in [0, 0.1) is 0 Å². The normalized spacial score (nSPS) is 13.1. The standard InChI is InChI=1S/C28H21NO3/c30-27(20-16-14-19(15-17-20)18-8-2-1-3-9-18)29-26(28(31)32)25-23-12-6-4-10-21(23)22-11-5-7-13-24(22)25/h1-17,25-26H,(H,29,30)(H,31,32)/t26-/m1/s1. The molecule has 5 rings (SSSR count). The molecule has 0 aliphatic heterocycles. The molecule has 0 fully saturated rings. The number of hydrogen-bond acceptors (Lipinski definition) is 2. The summed E-state index contributed by atoms with van der Waals surface area (Å²) < 4.78 is 0. The first kappa shape index (κ1) is 19.8. The van der Waals surface area contributed by atoms with Crippen molar-refractivity contribution in [2.75, 3.05) is 0 Å². The van der Waals surface area contributed by atoms with E-state index in [0.29, 0.717) is 5.56 Å². The Labute approximate surface area is 186 Å². The lowest BCUT2D eigenvalue weighted by molar-refractivity contribution is -0.139. The topological polar surface area (TPSA) is 66.4 Å². The van der Waals surface area contributed by atoms with Crippen LogP contribution in [0.25, 0.3) is 22.3 Å². The molecule has 0 radical (unpaired) electrons. The highest BCUT2D eigenvalue weighted by Crippen LogP contribution is 2.46. The van der Waals surface area contributed by atoms with Crippen LogP contribution in [-0.2, 0) is 4.79 Å². The lowest BCUT2D eigenvalue weighted by Gasteiger charge is -2.23. The van der Waals surface area contributed by atoms with Crippen LogP contribution < -0.4 is 5.32 Å². The van der Waals surface area contributed by atoms with Gasteiger partial charge in [-0.05, 0) is 45.5 Å². The van der Waals surface area contributed by atoms with Gasteiger partial charge in [-0.2, -0.15) is 0 Å². The molecule has 156 valence electrons. The molecule has 1 amide bonds. The van der Waals surface area contributed by atoms with Gasteiger partial charge in [-0.3, -0.25) is 4.79 Å². The number of rotatable bonds is 5. The molecule has 4 aromatic carbocycles. The fourth-order valence-electron chi connectivity index (χ4n) is 4.51. The SMILES string of the molecule is O=C(N[C@@H](C(=O)O)C1c2ccccc2-c2ccccc21)c1ccc(-c2ccccc2)cc1.